The highest BCUT2D eigenvalue weighted by Gasteiger charge is 2.07. The molecule has 0 aliphatic rings. The van der Waals surface area contributed by atoms with Crippen molar-refractivity contribution in [1.82, 2.24) is 10.6 Å². The lowest BCUT2D eigenvalue weighted by molar-refractivity contribution is 0.241. The molecule has 3 nitrogen and oxygen atoms in total. The molecule has 0 bridgehead atoms. The van der Waals surface area contributed by atoms with Gasteiger partial charge in [-0.3, -0.25) is 0 Å². The van der Waals surface area contributed by atoms with Crippen molar-refractivity contribution in [3.8, 4) is 0 Å². The molecule has 0 aromatic carbocycles. The fourth-order valence-corrected chi connectivity index (χ4v) is 1.99. The van der Waals surface area contributed by atoms with Gasteiger partial charge in [-0.2, -0.15) is 11.3 Å². The first-order valence-electron chi connectivity index (χ1n) is 5.27. The quantitative estimate of drug-likeness (QED) is 0.761. The van der Waals surface area contributed by atoms with Gasteiger partial charge < -0.3 is 10.6 Å². The maximum atomic E-state index is 11.4. The van der Waals surface area contributed by atoms with Crippen LogP contribution in [0.3, 0.4) is 0 Å². The third-order valence-electron chi connectivity index (χ3n) is 2.23. The molecule has 1 rings (SSSR count). The van der Waals surface area contributed by atoms with E-state index in [0.29, 0.717) is 19.0 Å². The largest absolute Gasteiger partial charge is 0.338 e. The van der Waals surface area contributed by atoms with Gasteiger partial charge in [-0.25, -0.2) is 4.79 Å². The van der Waals surface area contributed by atoms with Crippen molar-refractivity contribution in [2.24, 2.45) is 0 Å². The highest BCUT2D eigenvalue weighted by molar-refractivity contribution is 7.07. The summed E-state index contributed by atoms with van der Waals surface area (Å²) in [5.41, 5.74) is 2.21. The number of rotatable bonds is 5. The van der Waals surface area contributed by atoms with Crippen LogP contribution in [0.1, 0.15) is 25.3 Å². The summed E-state index contributed by atoms with van der Waals surface area (Å²) in [6.07, 6.45) is 0. The molecule has 0 aliphatic heterocycles. The Morgan fingerprint density at radius 2 is 2.31 bits per heavy atom. The van der Waals surface area contributed by atoms with Gasteiger partial charge >= 0.3 is 6.03 Å². The Kier molecular flexibility index (Phi) is 5.05. The van der Waals surface area contributed by atoms with Gasteiger partial charge in [0.15, 0.2) is 0 Å². The second-order valence-corrected chi connectivity index (χ2v) is 4.76. The zero-order valence-electron chi connectivity index (χ0n) is 9.75. The maximum Gasteiger partial charge on any atom is 0.315 e. The minimum absolute atomic E-state index is 0.134. The normalized spacial score (nSPS) is 11.9. The average molecular weight is 238 g/mol. The molecule has 16 heavy (non-hydrogen) atoms. The molecule has 0 spiro atoms. The Labute approximate surface area is 101 Å². The van der Waals surface area contributed by atoms with E-state index in [1.54, 1.807) is 11.3 Å². The van der Waals surface area contributed by atoms with Gasteiger partial charge in [0.2, 0.25) is 0 Å². The standard InChI is InChI=1S/C12H18N2OS/c1-9(2)6-13-12(15)14-7-10(3)11-4-5-16-8-11/h4-5,8,10H,1,6-7H2,2-3H3,(H2,13,14,15)/t10-/m1/s1. The van der Waals surface area contributed by atoms with E-state index in [9.17, 15) is 4.79 Å². The van der Waals surface area contributed by atoms with Crippen LogP contribution in [0, 0.1) is 0 Å². The van der Waals surface area contributed by atoms with E-state index in [-0.39, 0.29) is 6.03 Å². The van der Waals surface area contributed by atoms with Gasteiger partial charge in [0, 0.05) is 13.1 Å². The molecule has 2 amide bonds. The smallest absolute Gasteiger partial charge is 0.315 e. The summed E-state index contributed by atoms with van der Waals surface area (Å²) in [4.78, 5) is 11.4. The lowest BCUT2D eigenvalue weighted by atomic mass is 10.1. The van der Waals surface area contributed by atoms with Gasteiger partial charge in [0.1, 0.15) is 0 Å². The zero-order valence-corrected chi connectivity index (χ0v) is 10.6. The predicted octanol–water partition coefficient (Wildman–Crippen LogP) is 2.73. The van der Waals surface area contributed by atoms with Crippen LogP contribution >= 0.6 is 11.3 Å². The Balaban J connectivity index is 2.24. The van der Waals surface area contributed by atoms with Gasteiger partial charge in [-0.15, -0.1) is 0 Å². The van der Waals surface area contributed by atoms with E-state index in [2.05, 4.69) is 35.6 Å². The second-order valence-electron chi connectivity index (χ2n) is 3.98. The summed E-state index contributed by atoms with van der Waals surface area (Å²) in [6.45, 7) is 8.88. The molecule has 0 radical (unpaired) electrons. The van der Waals surface area contributed by atoms with E-state index >= 15 is 0 Å². The van der Waals surface area contributed by atoms with Crippen LogP contribution in [0.4, 0.5) is 4.79 Å². The topological polar surface area (TPSA) is 41.1 Å². The summed E-state index contributed by atoms with van der Waals surface area (Å²) >= 11 is 1.68. The van der Waals surface area contributed by atoms with E-state index in [1.165, 1.54) is 5.56 Å². The number of carbonyl (C=O) groups excluding carboxylic acids is 1. The Morgan fingerprint density at radius 1 is 1.56 bits per heavy atom. The molecule has 0 unspecified atom stereocenters. The van der Waals surface area contributed by atoms with Crippen molar-refractivity contribution < 1.29 is 4.79 Å². The molecule has 4 heteroatoms. The lowest BCUT2D eigenvalue weighted by Crippen LogP contribution is -2.38. The molecular formula is C12H18N2OS. The summed E-state index contributed by atoms with van der Waals surface area (Å²) in [5.74, 6) is 0.349. The van der Waals surface area contributed by atoms with Crippen molar-refractivity contribution in [1.29, 1.82) is 0 Å². The number of nitrogens with one attached hydrogen (secondary N) is 2. The van der Waals surface area contributed by atoms with E-state index in [0.717, 1.165) is 5.57 Å². The molecule has 1 aromatic rings. The highest BCUT2D eigenvalue weighted by atomic mass is 32.1. The third-order valence-corrected chi connectivity index (χ3v) is 2.93. The molecule has 2 N–H and O–H groups in total. The van der Waals surface area contributed by atoms with E-state index < -0.39 is 0 Å². The average Bonchev–Trinajstić information content (AvgIpc) is 2.76. The Morgan fingerprint density at radius 3 is 2.88 bits per heavy atom. The first-order valence-corrected chi connectivity index (χ1v) is 6.22. The number of urea groups is 1. The molecule has 88 valence electrons. The van der Waals surface area contributed by atoms with Crippen molar-refractivity contribution in [2.75, 3.05) is 13.1 Å². The SMILES string of the molecule is C=C(C)CNC(=O)NC[C@@H](C)c1ccsc1. The van der Waals surface area contributed by atoms with Crippen LogP contribution in [-0.2, 0) is 0 Å². The summed E-state index contributed by atoms with van der Waals surface area (Å²) in [5, 5.41) is 9.73. The minimum atomic E-state index is -0.134. The van der Waals surface area contributed by atoms with E-state index in [4.69, 9.17) is 0 Å². The number of hydrogen-bond donors (Lipinski definition) is 2. The fraction of sp³-hybridized carbons (Fsp3) is 0.417. The Bertz CT molecular complexity index is 346. The third kappa shape index (κ3) is 4.49. The maximum absolute atomic E-state index is 11.4. The summed E-state index contributed by atoms with van der Waals surface area (Å²) in [7, 11) is 0. The van der Waals surface area contributed by atoms with Crippen molar-refractivity contribution in [3.05, 3.63) is 34.5 Å². The van der Waals surface area contributed by atoms with Gasteiger partial charge in [0.25, 0.3) is 0 Å². The first kappa shape index (κ1) is 12.8. The van der Waals surface area contributed by atoms with Crippen molar-refractivity contribution in [2.45, 2.75) is 19.8 Å². The molecule has 0 saturated heterocycles. The number of amides is 2. The van der Waals surface area contributed by atoms with Crippen LogP contribution in [-0.4, -0.2) is 19.1 Å². The molecular weight excluding hydrogens is 220 g/mol. The molecule has 1 aromatic heterocycles. The molecule has 1 atom stereocenters. The van der Waals surface area contributed by atoms with Gasteiger partial charge in [-0.1, -0.05) is 19.1 Å². The van der Waals surface area contributed by atoms with Gasteiger partial charge in [0.05, 0.1) is 0 Å². The zero-order chi connectivity index (χ0) is 12.0. The Hall–Kier alpha value is -1.29. The summed E-state index contributed by atoms with van der Waals surface area (Å²) < 4.78 is 0. The van der Waals surface area contributed by atoms with Crippen molar-refractivity contribution in [3.63, 3.8) is 0 Å². The van der Waals surface area contributed by atoms with Crippen LogP contribution in [0.2, 0.25) is 0 Å². The molecule has 0 saturated carbocycles. The molecule has 0 aliphatic carbocycles. The first-order chi connectivity index (χ1) is 7.59. The fourth-order valence-electron chi connectivity index (χ4n) is 1.21. The van der Waals surface area contributed by atoms with Crippen LogP contribution < -0.4 is 10.6 Å². The summed E-state index contributed by atoms with van der Waals surface area (Å²) in [6, 6.07) is 1.95. The molecule has 0 fully saturated rings. The highest BCUT2D eigenvalue weighted by Crippen LogP contribution is 2.16. The predicted molar refractivity (Wildman–Crippen MR) is 68.9 cm³/mol. The number of thiophene rings is 1. The monoisotopic (exact) mass is 238 g/mol. The van der Waals surface area contributed by atoms with Crippen LogP contribution in [0.5, 0.6) is 0 Å². The number of hydrogen-bond acceptors (Lipinski definition) is 2. The minimum Gasteiger partial charge on any atom is -0.338 e. The van der Waals surface area contributed by atoms with Crippen LogP contribution in [0.15, 0.2) is 29.0 Å². The van der Waals surface area contributed by atoms with Crippen LogP contribution in [0.25, 0.3) is 0 Å². The number of carbonyl (C=O) groups is 1. The second kappa shape index (κ2) is 6.33. The van der Waals surface area contributed by atoms with E-state index in [1.807, 2.05) is 12.3 Å². The molecule has 1 heterocycles. The lowest BCUT2D eigenvalue weighted by Gasteiger charge is -2.12. The van der Waals surface area contributed by atoms with Gasteiger partial charge in [-0.05, 0) is 35.2 Å². The van der Waals surface area contributed by atoms with Crippen molar-refractivity contribution >= 4 is 17.4 Å².